The maximum absolute atomic E-state index is 11.9. The second-order valence-electron chi connectivity index (χ2n) is 2.12. The molecule has 0 N–H and O–H groups in total. The number of hydrogen-bond donors (Lipinski definition) is 0. The standard InChI is InChI=1S/C6H4F3NO2S/c7-6(8,9)13(11,12)5-3-1-2-4-10-5/h1-4H. The molecule has 0 radical (unpaired) electrons. The Balaban J connectivity index is 3.26. The van der Waals surface area contributed by atoms with E-state index in [9.17, 15) is 21.6 Å². The summed E-state index contributed by atoms with van der Waals surface area (Å²) in [6.45, 7) is 0. The Morgan fingerprint density at radius 3 is 2.23 bits per heavy atom. The zero-order valence-electron chi connectivity index (χ0n) is 6.12. The van der Waals surface area contributed by atoms with Crippen molar-refractivity contribution < 1.29 is 21.6 Å². The fraction of sp³-hybridized carbons (Fsp3) is 0.167. The van der Waals surface area contributed by atoms with Gasteiger partial charge in [-0.1, -0.05) is 6.07 Å². The molecule has 1 rings (SSSR count). The molecular formula is C6H4F3NO2S. The van der Waals surface area contributed by atoms with Gasteiger partial charge in [0.2, 0.25) is 0 Å². The van der Waals surface area contributed by atoms with Crippen LogP contribution in [-0.2, 0) is 9.84 Å². The van der Waals surface area contributed by atoms with Gasteiger partial charge in [-0.2, -0.15) is 13.2 Å². The van der Waals surface area contributed by atoms with Crippen molar-refractivity contribution in [1.29, 1.82) is 0 Å². The van der Waals surface area contributed by atoms with E-state index in [0.717, 1.165) is 12.3 Å². The number of halogens is 3. The average Bonchev–Trinajstić information content (AvgIpc) is 2.04. The fourth-order valence-corrected chi connectivity index (χ4v) is 1.32. The molecule has 0 unspecified atom stereocenters. The highest BCUT2D eigenvalue weighted by atomic mass is 32.2. The van der Waals surface area contributed by atoms with E-state index in [1.54, 1.807) is 0 Å². The first-order valence-electron chi connectivity index (χ1n) is 3.08. The lowest BCUT2D eigenvalue weighted by Gasteiger charge is -2.05. The molecule has 0 bridgehead atoms. The van der Waals surface area contributed by atoms with Gasteiger partial charge in [0.15, 0.2) is 5.03 Å². The van der Waals surface area contributed by atoms with Crippen LogP contribution in [0.2, 0.25) is 0 Å². The number of sulfone groups is 1. The highest BCUT2D eigenvalue weighted by molar-refractivity contribution is 7.92. The van der Waals surface area contributed by atoms with Crippen LogP contribution in [0.1, 0.15) is 0 Å². The van der Waals surface area contributed by atoms with Crippen molar-refractivity contribution in [2.75, 3.05) is 0 Å². The third kappa shape index (κ3) is 1.80. The zero-order chi connectivity index (χ0) is 10.1. The first kappa shape index (κ1) is 9.97. The SMILES string of the molecule is O=S(=O)(c1ccccn1)C(F)(F)F. The molecule has 0 atom stereocenters. The first-order chi connectivity index (χ1) is 5.86. The maximum atomic E-state index is 11.9. The van der Waals surface area contributed by atoms with Crippen LogP contribution in [0, 0.1) is 0 Å². The molecule has 0 fully saturated rings. The Hall–Kier alpha value is -1.11. The van der Waals surface area contributed by atoms with Gasteiger partial charge in [0, 0.05) is 6.20 Å². The van der Waals surface area contributed by atoms with E-state index in [2.05, 4.69) is 4.98 Å². The molecule has 0 aliphatic carbocycles. The van der Waals surface area contributed by atoms with Gasteiger partial charge in [-0.05, 0) is 12.1 Å². The summed E-state index contributed by atoms with van der Waals surface area (Å²) < 4.78 is 57.0. The van der Waals surface area contributed by atoms with E-state index in [4.69, 9.17) is 0 Å². The third-order valence-electron chi connectivity index (χ3n) is 1.22. The highest BCUT2D eigenvalue weighted by Gasteiger charge is 2.47. The molecule has 0 aromatic carbocycles. The van der Waals surface area contributed by atoms with Crippen molar-refractivity contribution in [2.45, 2.75) is 10.5 Å². The largest absolute Gasteiger partial charge is 0.503 e. The molecule has 72 valence electrons. The summed E-state index contributed by atoms with van der Waals surface area (Å²) in [4.78, 5) is 3.11. The molecule has 7 heteroatoms. The van der Waals surface area contributed by atoms with Gasteiger partial charge in [0.1, 0.15) is 0 Å². The van der Waals surface area contributed by atoms with E-state index in [1.165, 1.54) is 12.1 Å². The average molecular weight is 211 g/mol. The van der Waals surface area contributed by atoms with Crippen LogP contribution < -0.4 is 0 Å². The maximum Gasteiger partial charge on any atom is 0.503 e. The van der Waals surface area contributed by atoms with Crippen molar-refractivity contribution in [3.05, 3.63) is 24.4 Å². The normalized spacial score (nSPS) is 12.8. The first-order valence-corrected chi connectivity index (χ1v) is 4.56. The van der Waals surface area contributed by atoms with Crippen LogP contribution in [0.25, 0.3) is 0 Å². The lowest BCUT2D eigenvalue weighted by molar-refractivity contribution is -0.0438. The van der Waals surface area contributed by atoms with E-state index < -0.39 is 20.4 Å². The van der Waals surface area contributed by atoms with Crippen molar-refractivity contribution in [3.8, 4) is 0 Å². The fourth-order valence-electron chi connectivity index (χ4n) is 0.625. The number of pyridine rings is 1. The number of hydrogen-bond acceptors (Lipinski definition) is 3. The van der Waals surface area contributed by atoms with Crippen molar-refractivity contribution in [2.24, 2.45) is 0 Å². The molecule has 1 aromatic rings. The van der Waals surface area contributed by atoms with Crippen LogP contribution in [0.15, 0.2) is 29.4 Å². The molecule has 0 saturated heterocycles. The lowest BCUT2D eigenvalue weighted by atomic mass is 10.5. The lowest BCUT2D eigenvalue weighted by Crippen LogP contribution is -2.23. The molecule has 0 amide bonds. The van der Waals surface area contributed by atoms with Crippen LogP contribution in [-0.4, -0.2) is 18.9 Å². The summed E-state index contributed by atoms with van der Waals surface area (Å²) in [5.41, 5.74) is -5.29. The Morgan fingerprint density at radius 2 is 1.85 bits per heavy atom. The van der Waals surface area contributed by atoms with Crippen molar-refractivity contribution in [1.82, 2.24) is 4.98 Å². The van der Waals surface area contributed by atoms with Gasteiger partial charge in [0.05, 0.1) is 0 Å². The number of rotatable bonds is 1. The van der Waals surface area contributed by atoms with Crippen LogP contribution >= 0.6 is 0 Å². The molecule has 1 aromatic heterocycles. The summed E-state index contributed by atoms with van der Waals surface area (Å²) >= 11 is 0. The van der Waals surface area contributed by atoms with Gasteiger partial charge in [-0.25, -0.2) is 13.4 Å². The minimum atomic E-state index is -5.29. The summed E-state index contributed by atoms with van der Waals surface area (Å²) in [6.07, 6.45) is 0.985. The van der Waals surface area contributed by atoms with Crippen LogP contribution in [0.5, 0.6) is 0 Å². The van der Waals surface area contributed by atoms with Crippen molar-refractivity contribution >= 4 is 9.84 Å². The number of aromatic nitrogens is 1. The topological polar surface area (TPSA) is 47.0 Å². The Kier molecular flexibility index (Phi) is 2.29. The zero-order valence-corrected chi connectivity index (χ0v) is 6.93. The Morgan fingerprint density at radius 1 is 1.23 bits per heavy atom. The summed E-state index contributed by atoms with van der Waals surface area (Å²) in [6, 6.07) is 3.30. The molecule has 3 nitrogen and oxygen atoms in total. The Bertz CT molecular complexity index is 384. The number of nitrogens with zero attached hydrogens (tertiary/aromatic N) is 1. The van der Waals surface area contributed by atoms with Crippen molar-refractivity contribution in [3.63, 3.8) is 0 Å². The predicted molar refractivity (Wildman–Crippen MR) is 37.5 cm³/mol. The van der Waals surface area contributed by atoms with E-state index in [1.807, 2.05) is 0 Å². The van der Waals surface area contributed by atoms with Gasteiger partial charge in [-0.15, -0.1) is 0 Å². The van der Waals surface area contributed by atoms with E-state index in [0.29, 0.717) is 0 Å². The van der Waals surface area contributed by atoms with Gasteiger partial charge in [-0.3, -0.25) is 0 Å². The third-order valence-corrected chi connectivity index (χ3v) is 2.62. The smallest absolute Gasteiger partial charge is 0.244 e. The Labute approximate surface area is 72.1 Å². The molecule has 13 heavy (non-hydrogen) atoms. The van der Waals surface area contributed by atoms with Gasteiger partial charge < -0.3 is 0 Å². The number of alkyl halides is 3. The predicted octanol–water partition coefficient (Wildman–Crippen LogP) is 1.38. The minimum absolute atomic E-state index is 0.794. The van der Waals surface area contributed by atoms with Crippen LogP contribution in [0.3, 0.4) is 0 Å². The quantitative estimate of drug-likeness (QED) is 0.704. The summed E-state index contributed by atoms with van der Waals surface area (Å²) in [7, 11) is -5.29. The molecule has 1 heterocycles. The van der Waals surface area contributed by atoms with E-state index >= 15 is 0 Å². The molecule has 0 aliphatic rings. The summed E-state index contributed by atoms with van der Waals surface area (Å²) in [5, 5.41) is -0.984. The van der Waals surface area contributed by atoms with Gasteiger partial charge >= 0.3 is 5.51 Å². The van der Waals surface area contributed by atoms with Gasteiger partial charge in [0.25, 0.3) is 9.84 Å². The second kappa shape index (κ2) is 2.99. The molecular weight excluding hydrogens is 207 g/mol. The van der Waals surface area contributed by atoms with E-state index in [-0.39, 0.29) is 0 Å². The minimum Gasteiger partial charge on any atom is -0.244 e. The summed E-state index contributed by atoms with van der Waals surface area (Å²) in [5.74, 6) is 0. The monoisotopic (exact) mass is 211 g/mol. The molecule has 0 aliphatic heterocycles. The molecule has 0 saturated carbocycles. The molecule has 0 spiro atoms. The van der Waals surface area contributed by atoms with Crippen LogP contribution in [0.4, 0.5) is 13.2 Å². The highest BCUT2D eigenvalue weighted by Crippen LogP contribution is 2.28. The second-order valence-corrected chi connectivity index (χ2v) is 4.01.